The second-order valence-electron chi connectivity index (χ2n) is 12.0. The number of aliphatic hydroxyl groups is 1. The predicted molar refractivity (Wildman–Crippen MR) is 158 cm³/mol. The molecule has 41 heavy (non-hydrogen) atoms. The Morgan fingerprint density at radius 1 is 1.34 bits per heavy atom. The first-order valence-corrected chi connectivity index (χ1v) is 14.9. The molecule has 8 nitrogen and oxygen atoms in total. The fraction of sp³-hybridized carbons (Fsp3) is 0.594. The van der Waals surface area contributed by atoms with E-state index < -0.39 is 41.1 Å². The van der Waals surface area contributed by atoms with Gasteiger partial charge in [-0.25, -0.2) is 0 Å². The van der Waals surface area contributed by atoms with E-state index in [0.717, 1.165) is 5.56 Å². The van der Waals surface area contributed by atoms with Crippen molar-refractivity contribution in [1.82, 2.24) is 4.90 Å². The Bertz CT molecular complexity index is 1200. The lowest BCUT2D eigenvalue weighted by atomic mass is 9.62. The molecule has 1 aromatic rings. The SMILES string of the molecule is C=CCCOC(=O)[C@H]1[C@H]2C(=O)N([C@@H](CO)[C@@H](C)CC)C(C(=O)N(CC=C)c3c(C)cccc3Cl)C23CC(C)[C@]1(C)O3. The predicted octanol–water partition coefficient (Wildman–Crippen LogP) is 4.70. The first-order valence-electron chi connectivity index (χ1n) is 14.5. The summed E-state index contributed by atoms with van der Waals surface area (Å²) < 4.78 is 12.4. The van der Waals surface area contributed by atoms with E-state index >= 15 is 0 Å². The number of aliphatic hydroxyl groups excluding tert-OH is 1. The van der Waals surface area contributed by atoms with Gasteiger partial charge in [-0.05, 0) is 50.2 Å². The van der Waals surface area contributed by atoms with Gasteiger partial charge in [0, 0.05) is 6.54 Å². The molecule has 1 spiro atoms. The summed E-state index contributed by atoms with van der Waals surface area (Å²) in [6.45, 7) is 17.2. The van der Waals surface area contributed by atoms with E-state index in [1.54, 1.807) is 23.1 Å². The maximum Gasteiger partial charge on any atom is 0.312 e. The minimum absolute atomic E-state index is 0.118. The number of benzene rings is 1. The first-order chi connectivity index (χ1) is 19.4. The second kappa shape index (κ2) is 11.9. The van der Waals surface area contributed by atoms with Crippen molar-refractivity contribution in [2.24, 2.45) is 23.7 Å². The molecule has 3 aliphatic heterocycles. The van der Waals surface area contributed by atoms with Crippen molar-refractivity contribution in [3.8, 4) is 0 Å². The van der Waals surface area contributed by atoms with E-state index in [9.17, 15) is 19.5 Å². The molecule has 9 heteroatoms. The number of aryl methyl sites for hydroxylation is 1. The number of hydrogen-bond acceptors (Lipinski definition) is 6. The van der Waals surface area contributed by atoms with Crippen molar-refractivity contribution in [2.45, 2.75) is 77.2 Å². The van der Waals surface area contributed by atoms with Crippen LogP contribution in [0.1, 0.15) is 52.5 Å². The molecule has 0 saturated carbocycles. The van der Waals surface area contributed by atoms with Gasteiger partial charge in [0.2, 0.25) is 5.91 Å². The van der Waals surface area contributed by atoms with Crippen LogP contribution in [0.2, 0.25) is 5.02 Å². The Labute approximate surface area is 248 Å². The van der Waals surface area contributed by atoms with Crippen molar-refractivity contribution in [1.29, 1.82) is 0 Å². The number of para-hydroxylation sites is 1. The van der Waals surface area contributed by atoms with Gasteiger partial charge in [-0.3, -0.25) is 14.4 Å². The molecule has 8 atom stereocenters. The number of likely N-dealkylation sites (tertiary alicyclic amines) is 1. The van der Waals surface area contributed by atoms with Gasteiger partial charge in [-0.15, -0.1) is 13.2 Å². The van der Waals surface area contributed by atoms with Crippen molar-refractivity contribution >= 4 is 35.1 Å². The molecule has 0 radical (unpaired) electrons. The van der Waals surface area contributed by atoms with Crippen LogP contribution in [-0.2, 0) is 23.9 Å². The second-order valence-corrected chi connectivity index (χ2v) is 12.4. The van der Waals surface area contributed by atoms with E-state index in [2.05, 4.69) is 13.2 Å². The molecule has 3 fully saturated rings. The van der Waals surface area contributed by atoms with E-state index in [-0.39, 0.29) is 43.4 Å². The van der Waals surface area contributed by atoms with Crippen LogP contribution in [-0.4, -0.2) is 70.8 Å². The van der Waals surface area contributed by atoms with Gasteiger partial charge in [0.25, 0.3) is 5.91 Å². The summed E-state index contributed by atoms with van der Waals surface area (Å²) in [6.07, 6.45) is 4.85. The Kier molecular flexibility index (Phi) is 9.07. The van der Waals surface area contributed by atoms with Gasteiger partial charge < -0.3 is 24.4 Å². The van der Waals surface area contributed by atoms with Crippen LogP contribution in [0.3, 0.4) is 0 Å². The summed E-state index contributed by atoms with van der Waals surface area (Å²) in [4.78, 5) is 46.1. The molecule has 2 amide bonds. The van der Waals surface area contributed by atoms with Crippen molar-refractivity contribution < 1.29 is 29.0 Å². The monoisotopic (exact) mass is 586 g/mol. The molecule has 3 unspecified atom stereocenters. The fourth-order valence-corrected chi connectivity index (χ4v) is 7.68. The summed E-state index contributed by atoms with van der Waals surface area (Å²) >= 11 is 6.65. The van der Waals surface area contributed by atoms with E-state index in [1.807, 2.05) is 46.8 Å². The molecule has 0 aliphatic carbocycles. The van der Waals surface area contributed by atoms with Gasteiger partial charge in [-0.1, -0.05) is 63.1 Å². The zero-order chi connectivity index (χ0) is 30.3. The lowest BCUT2D eigenvalue weighted by Gasteiger charge is -2.41. The van der Waals surface area contributed by atoms with E-state index in [0.29, 0.717) is 30.0 Å². The number of carbonyl (C=O) groups excluding carboxylic acids is 3. The van der Waals surface area contributed by atoms with E-state index in [1.165, 1.54) is 4.90 Å². The number of anilines is 1. The van der Waals surface area contributed by atoms with Crippen molar-refractivity contribution in [2.75, 3.05) is 24.7 Å². The summed E-state index contributed by atoms with van der Waals surface area (Å²) in [5.41, 5.74) is -0.952. The van der Waals surface area contributed by atoms with Gasteiger partial charge >= 0.3 is 5.97 Å². The Morgan fingerprint density at radius 3 is 2.63 bits per heavy atom. The third-order valence-electron chi connectivity index (χ3n) is 9.69. The van der Waals surface area contributed by atoms with Gasteiger partial charge in [0.05, 0.1) is 41.5 Å². The molecule has 224 valence electrons. The number of rotatable bonds is 12. The highest BCUT2D eigenvalue weighted by Gasteiger charge is 2.81. The summed E-state index contributed by atoms with van der Waals surface area (Å²) in [6, 6.07) is 3.67. The molecular formula is C32H43ClN2O6. The Hall–Kier alpha value is -2.68. The third-order valence-corrected chi connectivity index (χ3v) is 9.99. The molecule has 0 aromatic heterocycles. The van der Waals surface area contributed by atoms with Crippen LogP contribution in [0.5, 0.6) is 0 Å². The highest BCUT2D eigenvalue weighted by atomic mass is 35.5. The highest BCUT2D eigenvalue weighted by molar-refractivity contribution is 6.34. The van der Waals surface area contributed by atoms with Crippen LogP contribution in [0.25, 0.3) is 0 Å². The van der Waals surface area contributed by atoms with Gasteiger partial charge in [-0.2, -0.15) is 0 Å². The minimum atomic E-state index is -1.28. The number of nitrogens with zero attached hydrogens (tertiary/aromatic N) is 2. The van der Waals surface area contributed by atoms with Gasteiger partial charge in [0.15, 0.2) is 0 Å². The summed E-state index contributed by atoms with van der Waals surface area (Å²) in [5, 5.41) is 11.0. The van der Waals surface area contributed by atoms with Crippen LogP contribution in [0.4, 0.5) is 5.69 Å². The number of amides is 2. The Balaban J connectivity index is 1.90. The molecule has 3 heterocycles. The summed E-state index contributed by atoms with van der Waals surface area (Å²) in [5.74, 6) is -3.32. The minimum Gasteiger partial charge on any atom is -0.465 e. The molecule has 2 bridgehead atoms. The zero-order valence-corrected chi connectivity index (χ0v) is 25.5. The summed E-state index contributed by atoms with van der Waals surface area (Å²) in [7, 11) is 0. The lowest BCUT2D eigenvalue weighted by molar-refractivity contribution is -0.162. The lowest BCUT2D eigenvalue weighted by Crippen LogP contribution is -2.60. The zero-order valence-electron chi connectivity index (χ0n) is 24.8. The third kappa shape index (κ3) is 4.82. The van der Waals surface area contributed by atoms with Crippen molar-refractivity contribution in [3.05, 3.63) is 54.1 Å². The number of esters is 1. The number of carbonyl (C=O) groups is 3. The number of fused-ring (bicyclic) bond motifs is 1. The average Bonchev–Trinajstić information content (AvgIpc) is 3.45. The normalized spacial score (nSPS) is 31.5. The Morgan fingerprint density at radius 2 is 2.05 bits per heavy atom. The molecule has 3 aliphatic rings. The van der Waals surface area contributed by atoms with Crippen LogP contribution >= 0.6 is 11.6 Å². The first kappa shape index (κ1) is 31.3. The maximum absolute atomic E-state index is 14.9. The quantitative estimate of drug-likeness (QED) is 0.217. The number of halogens is 1. The van der Waals surface area contributed by atoms with Gasteiger partial charge in [0.1, 0.15) is 17.6 Å². The highest BCUT2D eigenvalue weighted by Crippen LogP contribution is 2.66. The molecule has 1 N–H and O–H groups in total. The fourth-order valence-electron chi connectivity index (χ4n) is 7.35. The topological polar surface area (TPSA) is 96.4 Å². The molecular weight excluding hydrogens is 544 g/mol. The largest absolute Gasteiger partial charge is 0.465 e. The average molecular weight is 587 g/mol. The number of ether oxygens (including phenoxy) is 2. The number of hydrogen-bond donors (Lipinski definition) is 1. The van der Waals surface area contributed by atoms with Crippen molar-refractivity contribution in [3.63, 3.8) is 0 Å². The molecule has 1 aromatic carbocycles. The van der Waals surface area contributed by atoms with Crippen LogP contribution in [0, 0.1) is 30.6 Å². The maximum atomic E-state index is 14.9. The molecule has 4 rings (SSSR count). The van der Waals surface area contributed by atoms with E-state index in [4.69, 9.17) is 21.1 Å². The molecule has 3 saturated heterocycles. The smallest absolute Gasteiger partial charge is 0.312 e. The van der Waals surface area contributed by atoms with Crippen LogP contribution < -0.4 is 4.90 Å². The standard InChI is InChI=1S/C32H43ClN2O6/c1-8-11-16-40-30(39)25-24-28(37)35(23(18-36)19(4)10-3)27(32(24)17-21(6)31(25,7)41-32)29(38)34(15-9-2)26-20(5)13-12-14-22(26)33/h8-9,12-14,19,21,23-25,27,36H,1-2,10-11,15-18H2,3-7H3/t19-,21?,23-,24-,25+,27?,31-,32?/m0/s1. The van der Waals surface area contributed by atoms with Crippen LogP contribution in [0.15, 0.2) is 43.5 Å².